The highest BCUT2D eigenvalue weighted by Gasteiger charge is 2.38. The van der Waals surface area contributed by atoms with E-state index in [9.17, 15) is 9.59 Å². The maximum atomic E-state index is 13.6. The Kier molecular flexibility index (Phi) is 8.19. The van der Waals surface area contributed by atoms with Crippen molar-refractivity contribution in [2.24, 2.45) is 17.6 Å². The lowest BCUT2D eigenvalue weighted by atomic mass is 9.80. The van der Waals surface area contributed by atoms with E-state index in [1.807, 2.05) is 24.8 Å². The lowest BCUT2D eigenvalue weighted by Gasteiger charge is -2.30. The molecule has 2 unspecified atom stereocenters. The van der Waals surface area contributed by atoms with Gasteiger partial charge in [-0.05, 0) is 43.6 Å². The first-order valence-electron chi connectivity index (χ1n) is 12.6. The molecule has 2 amide bonds. The number of carbonyl (C=O) groups excluding carboxylic acids is 2. The fourth-order valence-corrected chi connectivity index (χ4v) is 6.01. The Morgan fingerprint density at radius 1 is 1.17 bits per heavy atom. The Balaban J connectivity index is 1.58. The molecule has 4 rings (SSSR count). The summed E-state index contributed by atoms with van der Waals surface area (Å²) in [6.07, 6.45) is 11.5. The fourth-order valence-electron chi connectivity index (χ4n) is 5.01. The highest BCUT2D eigenvalue weighted by Crippen LogP contribution is 2.40. The van der Waals surface area contributed by atoms with Crippen LogP contribution in [-0.2, 0) is 9.59 Å². The molecule has 1 aliphatic heterocycles. The summed E-state index contributed by atoms with van der Waals surface area (Å²) in [5.74, 6) is 0.129. The Bertz CT molecular complexity index is 1080. The predicted molar refractivity (Wildman–Crippen MR) is 141 cm³/mol. The highest BCUT2D eigenvalue weighted by molar-refractivity contribution is 7.09. The van der Waals surface area contributed by atoms with E-state index in [2.05, 4.69) is 59.3 Å². The molecule has 6 nitrogen and oxygen atoms in total. The van der Waals surface area contributed by atoms with Gasteiger partial charge in [-0.15, -0.1) is 11.3 Å². The number of benzene rings is 1. The van der Waals surface area contributed by atoms with Crippen molar-refractivity contribution in [3.8, 4) is 0 Å². The molecule has 1 fully saturated rings. The fraction of sp³-hybridized carbons (Fsp3) is 0.464. The minimum atomic E-state index is -0.654. The van der Waals surface area contributed by atoms with Crippen molar-refractivity contribution in [2.75, 3.05) is 6.54 Å². The number of allylic oxidation sites excluding steroid dienone is 4. The van der Waals surface area contributed by atoms with Gasteiger partial charge in [-0.25, -0.2) is 4.98 Å². The van der Waals surface area contributed by atoms with E-state index in [0.717, 1.165) is 30.0 Å². The zero-order valence-corrected chi connectivity index (χ0v) is 21.6. The van der Waals surface area contributed by atoms with Crippen LogP contribution >= 0.6 is 11.3 Å². The molecule has 0 saturated carbocycles. The number of nitrogens with zero attached hydrogens (tertiary/aromatic N) is 2. The standard InChI is InChI=1S/C28H36N4O2S/c1-18(2)25(31-26(33)19(3)29)28(34)32-16-10-15-23(32)27-30-22(17-35-27)24(20-11-6-4-7-12-20)21-13-8-5-9-14-21/h4-9,11-13,17-19,21,23-25H,10,14-16,29H2,1-3H3,(H,31,33)/t19-,21?,23-,24?,25-/m1/s1. The van der Waals surface area contributed by atoms with E-state index < -0.39 is 12.1 Å². The second-order valence-corrected chi connectivity index (χ2v) is 10.8. The molecule has 7 heteroatoms. The van der Waals surface area contributed by atoms with Gasteiger partial charge in [0.2, 0.25) is 11.8 Å². The molecule has 0 radical (unpaired) electrons. The summed E-state index contributed by atoms with van der Waals surface area (Å²) in [6.45, 7) is 6.21. The van der Waals surface area contributed by atoms with E-state index in [4.69, 9.17) is 10.7 Å². The van der Waals surface area contributed by atoms with Crippen molar-refractivity contribution < 1.29 is 9.59 Å². The van der Waals surface area contributed by atoms with Crippen molar-refractivity contribution >= 4 is 23.2 Å². The molecule has 2 aliphatic rings. The number of rotatable bonds is 8. The molecule has 1 aromatic carbocycles. The molecule has 2 heterocycles. The van der Waals surface area contributed by atoms with Gasteiger partial charge in [-0.3, -0.25) is 9.59 Å². The average Bonchev–Trinajstić information content (AvgIpc) is 3.53. The molecule has 35 heavy (non-hydrogen) atoms. The van der Waals surface area contributed by atoms with Crippen molar-refractivity contribution in [1.29, 1.82) is 0 Å². The first-order chi connectivity index (χ1) is 16.9. The summed E-state index contributed by atoms with van der Waals surface area (Å²) in [6, 6.07) is 9.25. The van der Waals surface area contributed by atoms with Gasteiger partial charge in [0, 0.05) is 17.8 Å². The second-order valence-electron chi connectivity index (χ2n) is 9.92. The number of aromatic nitrogens is 1. The molecule has 1 aliphatic carbocycles. The number of likely N-dealkylation sites (tertiary alicyclic amines) is 1. The lowest BCUT2D eigenvalue weighted by Crippen LogP contribution is -2.54. The van der Waals surface area contributed by atoms with Gasteiger partial charge in [0.15, 0.2) is 0 Å². The van der Waals surface area contributed by atoms with Gasteiger partial charge >= 0.3 is 0 Å². The summed E-state index contributed by atoms with van der Waals surface area (Å²) >= 11 is 1.64. The number of amides is 2. The van der Waals surface area contributed by atoms with Crippen molar-refractivity contribution in [3.05, 3.63) is 76.3 Å². The van der Waals surface area contributed by atoms with Crippen LogP contribution in [0.4, 0.5) is 0 Å². The highest BCUT2D eigenvalue weighted by atomic mass is 32.1. The number of carbonyl (C=O) groups is 2. The van der Waals surface area contributed by atoms with E-state index >= 15 is 0 Å². The van der Waals surface area contributed by atoms with Crippen LogP contribution in [0.25, 0.3) is 0 Å². The SMILES string of the molecule is CC(C)[C@@H](NC(=O)[C@@H](C)N)C(=O)N1CCC[C@@H]1c1nc(C(c2ccccc2)C2C=CC=CC2)cs1. The number of hydrogen-bond acceptors (Lipinski definition) is 5. The predicted octanol–water partition coefficient (Wildman–Crippen LogP) is 4.56. The second kappa shape index (κ2) is 11.3. The summed E-state index contributed by atoms with van der Waals surface area (Å²) in [5, 5.41) is 6.01. The van der Waals surface area contributed by atoms with E-state index in [0.29, 0.717) is 12.5 Å². The third-order valence-electron chi connectivity index (χ3n) is 6.92. The van der Waals surface area contributed by atoms with Gasteiger partial charge in [0.1, 0.15) is 11.0 Å². The Morgan fingerprint density at radius 2 is 1.94 bits per heavy atom. The lowest BCUT2D eigenvalue weighted by molar-refractivity contribution is -0.138. The van der Waals surface area contributed by atoms with E-state index in [1.54, 1.807) is 18.3 Å². The molecule has 3 N–H and O–H groups in total. The molecule has 1 saturated heterocycles. The number of hydrogen-bond donors (Lipinski definition) is 2. The topological polar surface area (TPSA) is 88.3 Å². The number of nitrogens with two attached hydrogens (primary N) is 1. The third-order valence-corrected chi connectivity index (χ3v) is 7.89. The average molecular weight is 493 g/mol. The van der Waals surface area contributed by atoms with Crippen LogP contribution in [0.5, 0.6) is 0 Å². The van der Waals surface area contributed by atoms with Crippen LogP contribution in [0, 0.1) is 11.8 Å². The van der Waals surface area contributed by atoms with Crippen LogP contribution in [0.3, 0.4) is 0 Å². The Morgan fingerprint density at radius 3 is 2.60 bits per heavy atom. The normalized spacial score (nSPS) is 22.3. The summed E-state index contributed by atoms with van der Waals surface area (Å²) in [7, 11) is 0. The summed E-state index contributed by atoms with van der Waals surface area (Å²) in [5.41, 5.74) is 8.06. The van der Waals surface area contributed by atoms with Gasteiger partial charge in [-0.1, -0.05) is 68.5 Å². The molecular weight excluding hydrogens is 456 g/mol. The van der Waals surface area contributed by atoms with Crippen LogP contribution in [0.15, 0.2) is 60.0 Å². The Hall–Kier alpha value is -2.77. The van der Waals surface area contributed by atoms with Crippen molar-refractivity contribution in [3.63, 3.8) is 0 Å². The van der Waals surface area contributed by atoms with Crippen LogP contribution in [0.2, 0.25) is 0 Å². The zero-order valence-electron chi connectivity index (χ0n) is 20.8. The minimum absolute atomic E-state index is 0.0353. The maximum Gasteiger partial charge on any atom is 0.246 e. The van der Waals surface area contributed by atoms with Gasteiger partial charge in [0.25, 0.3) is 0 Å². The summed E-state index contributed by atoms with van der Waals surface area (Å²) < 4.78 is 0. The molecule has 0 spiro atoms. The third kappa shape index (κ3) is 5.73. The molecule has 186 valence electrons. The monoisotopic (exact) mass is 492 g/mol. The van der Waals surface area contributed by atoms with Gasteiger partial charge in [-0.2, -0.15) is 0 Å². The maximum absolute atomic E-state index is 13.6. The molecule has 2 aromatic rings. The minimum Gasteiger partial charge on any atom is -0.343 e. The Labute approximate surface area is 212 Å². The first-order valence-corrected chi connectivity index (χ1v) is 13.4. The first kappa shape index (κ1) is 25.3. The van der Waals surface area contributed by atoms with Crippen molar-refractivity contribution in [1.82, 2.24) is 15.2 Å². The van der Waals surface area contributed by atoms with Crippen LogP contribution in [-0.4, -0.2) is 40.3 Å². The molecular formula is C28H36N4O2S. The zero-order chi connectivity index (χ0) is 24.9. The van der Waals surface area contributed by atoms with Crippen LogP contribution in [0.1, 0.15) is 68.3 Å². The largest absolute Gasteiger partial charge is 0.343 e. The quantitative estimate of drug-likeness (QED) is 0.565. The molecule has 5 atom stereocenters. The summed E-state index contributed by atoms with van der Waals surface area (Å²) in [4.78, 5) is 32.9. The van der Waals surface area contributed by atoms with E-state index in [-0.39, 0.29) is 29.7 Å². The van der Waals surface area contributed by atoms with Crippen molar-refractivity contribution in [2.45, 2.75) is 64.1 Å². The number of thiazole rings is 1. The van der Waals surface area contributed by atoms with Gasteiger partial charge in [0.05, 0.1) is 17.8 Å². The smallest absolute Gasteiger partial charge is 0.246 e. The van der Waals surface area contributed by atoms with Crippen LogP contribution < -0.4 is 11.1 Å². The molecule has 1 aromatic heterocycles. The molecule has 0 bridgehead atoms. The number of nitrogens with one attached hydrogen (secondary N) is 1. The van der Waals surface area contributed by atoms with Gasteiger partial charge < -0.3 is 16.0 Å². The van der Waals surface area contributed by atoms with E-state index in [1.165, 1.54) is 5.56 Å².